The van der Waals surface area contributed by atoms with Gasteiger partial charge in [0.1, 0.15) is 0 Å². The smallest absolute Gasteiger partial charge is 0.225 e. The van der Waals surface area contributed by atoms with Crippen LogP contribution in [0.1, 0.15) is 33.5 Å². The lowest BCUT2D eigenvalue weighted by Crippen LogP contribution is -2.20. The van der Waals surface area contributed by atoms with Gasteiger partial charge in [0.2, 0.25) is 5.91 Å². The highest BCUT2D eigenvalue weighted by Crippen LogP contribution is 2.36. The van der Waals surface area contributed by atoms with Crippen molar-refractivity contribution in [2.24, 2.45) is 4.40 Å². The zero-order chi connectivity index (χ0) is 17.1. The highest BCUT2D eigenvalue weighted by molar-refractivity contribution is 7.98. The molecule has 0 radical (unpaired) electrons. The van der Waals surface area contributed by atoms with Gasteiger partial charge in [-0.05, 0) is 30.0 Å². The predicted molar refractivity (Wildman–Crippen MR) is 98.5 cm³/mol. The highest BCUT2D eigenvalue weighted by Gasteiger charge is 2.27. The summed E-state index contributed by atoms with van der Waals surface area (Å²) in [6.07, 6.45) is 0.829. The summed E-state index contributed by atoms with van der Waals surface area (Å²) in [7, 11) is 0. The van der Waals surface area contributed by atoms with E-state index in [0.717, 1.165) is 16.0 Å². The van der Waals surface area contributed by atoms with Crippen LogP contribution >= 0.6 is 23.5 Å². The van der Waals surface area contributed by atoms with Crippen molar-refractivity contribution in [2.75, 3.05) is 11.2 Å². The van der Waals surface area contributed by atoms with Gasteiger partial charge in [0, 0.05) is 46.7 Å². The molecule has 0 fully saturated rings. The van der Waals surface area contributed by atoms with Crippen molar-refractivity contribution in [3.8, 4) is 0 Å². The summed E-state index contributed by atoms with van der Waals surface area (Å²) in [6.45, 7) is 3.50. The molecule has 0 atom stereocenters. The maximum absolute atomic E-state index is 13.0. The summed E-state index contributed by atoms with van der Waals surface area (Å²) in [5.41, 5.74) is 3.60. The van der Waals surface area contributed by atoms with E-state index in [1.54, 1.807) is 6.07 Å². The first-order valence-electron chi connectivity index (χ1n) is 7.43. The molecule has 6 heteroatoms. The topological polar surface area (TPSA) is 58.5 Å². The van der Waals surface area contributed by atoms with Crippen molar-refractivity contribution < 1.29 is 9.59 Å². The molecule has 2 aromatic rings. The van der Waals surface area contributed by atoms with E-state index in [9.17, 15) is 9.59 Å². The van der Waals surface area contributed by atoms with Crippen LogP contribution in [-0.2, 0) is 11.2 Å². The van der Waals surface area contributed by atoms with Gasteiger partial charge in [0.25, 0.3) is 0 Å². The van der Waals surface area contributed by atoms with E-state index in [0.29, 0.717) is 23.2 Å². The van der Waals surface area contributed by atoms with Crippen LogP contribution in [0.4, 0.5) is 5.69 Å². The predicted octanol–water partition coefficient (Wildman–Crippen LogP) is 4.10. The first-order valence-corrected chi connectivity index (χ1v) is 8.74. The van der Waals surface area contributed by atoms with Crippen LogP contribution in [0.2, 0.25) is 0 Å². The molecule has 1 amide bonds. The third-order valence-electron chi connectivity index (χ3n) is 3.88. The number of alkyl halides is 1. The molecule has 122 valence electrons. The maximum atomic E-state index is 13.0. The van der Waals surface area contributed by atoms with Crippen molar-refractivity contribution in [1.82, 2.24) is 0 Å². The number of ketones is 1. The Morgan fingerprint density at radius 2 is 2.08 bits per heavy atom. The fourth-order valence-electron chi connectivity index (χ4n) is 2.86. The Morgan fingerprint density at radius 1 is 1.29 bits per heavy atom. The molecule has 0 saturated heterocycles. The van der Waals surface area contributed by atoms with Crippen LogP contribution in [0.15, 0.2) is 45.7 Å². The Kier molecular flexibility index (Phi) is 5.02. The van der Waals surface area contributed by atoms with E-state index in [-0.39, 0.29) is 24.0 Å². The van der Waals surface area contributed by atoms with Crippen LogP contribution in [0.5, 0.6) is 0 Å². The van der Waals surface area contributed by atoms with E-state index in [1.165, 1.54) is 11.9 Å². The van der Waals surface area contributed by atoms with Crippen molar-refractivity contribution in [3.63, 3.8) is 0 Å². The molecule has 2 aromatic carbocycles. The number of fused-ring (bicyclic) bond motifs is 2. The molecule has 0 heterocycles. The summed E-state index contributed by atoms with van der Waals surface area (Å²) in [6, 6.07) is 11.1. The average Bonchev–Trinajstić information content (AvgIpc) is 2.56. The molecule has 1 aliphatic carbocycles. The number of hydrogen-bond acceptors (Lipinski definition) is 4. The Morgan fingerprint density at radius 3 is 2.83 bits per heavy atom. The lowest BCUT2D eigenvalue weighted by atomic mass is 9.84. The van der Waals surface area contributed by atoms with Crippen LogP contribution < -0.4 is 5.32 Å². The van der Waals surface area contributed by atoms with Gasteiger partial charge in [0.15, 0.2) is 5.78 Å². The number of hydrogen-bond donors (Lipinski definition) is 1. The molecule has 1 N–H and O–H groups in total. The van der Waals surface area contributed by atoms with Gasteiger partial charge in [0.05, 0.1) is 5.69 Å². The van der Waals surface area contributed by atoms with Gasteiger partial charge in [-0.1, -0.05) is 24.3 Å². The lowest BCUT2D eigenvalue weighted by molar-refractivity contribution is -0.115. The largest absolute Gasteiger partial charge is 0.325 e. The molecule has 24 heavy (non-hydrogen) atoms. The van der Waals surface area contributed by atoms with Crippen molar-refractivity contribution in [1.29, 1.82) is 0 Å². The Hall–Kier alpha value is -2.11. The quantitative estimate of drug-likeness (QED) is 0.424. The zero-order valence-corrected chi connectivity index (χ0v) is 14.4. The van der Waals surface area contributed by atoms with Gasteiger partial charge in [-0.15, -0.1) is 11.6 Å². The molecular weight excluding hydrogens is 344 g/mol. The van der Waals surface area contributed by atoms with Crippen molar-refractivity contribution in [3.05, 3.63) is 58.7 Å². The average molecular weight is 359 g/mol. The minimum atomic E-state index is -0.197. The monoisotopic (exact) mass is 358 g/mol. The number of halogens is 1. The molecular formula is C18H15ClN2O2S. The molecule has 1 aliphatic rings. The number of carbonyl (C=O) groups is 2. The third-order valence-corrected chi connectivity index (χ3v) is 4.78. The van der Waals surface area contributed by atoms with E-state index < -0.39 is 0 Å². The standard InChI is InChI=1S/C18H15ClN2O2S/c1-20-24-15-7-3-5-12-13(15)10-11-4-2-6-14(17(11)18(12)23)21-16(22)8-9-19/h2-7H,1,8-10H2,(H,21,22). The van der Waals surface area contributed by atoms with E-state index in [2.05, 4.69) is 16.4 Å². The van der Waals surface area contributed by atoms with Crippen LogP contribution in [0.25, 0.3) is 0 Å². The number of carbonyl (C=O) groups excluding carboxylic acids is 2. The maximum Gasteiger partial charge on any atom is 0.225 e. The first-order chi connectivity index (χ1) is 11.7. The van der Waals surface area contributed by atoms with E-state index >= 15 is 0 Å². The minimum Gasteiger partial charge on any atom is -0.325 e. The number of amides is 1. The lowest BCUT2D eigenvalue weighted by Gasteiger charge is -2.22. The number of benzene rings is 2. The fourth-order valence-corrected chi connectivity index (χ4v) is 3.60. The van der Waals surface area contributed by atoms with Crippen LogP contribution in [0, 0.1) is 0 Å². The Labute approximate surface area is 149 Å². The molecule has 3 rings (SSSR count). The number of nitrogens with zero attached hydrogens (tertiary/aromatic N) is 1. The third kappa shape index (κ3) is 3.09. The fraction of sp³-hybridized carbons (Fsp3) is 0.167. The molecule has 0 saturated carbocycles. The van der Waals surface area contributed by atoms with Crippen molar-refractivity contribution >= 4 is 47.6 Å². The molecule has 4 nitrogen and oxygen atoms in total. The Bertz CT molecular complexity index is 836. The number of nitrogens with one attached hydrogen (secondary N) is 1. The second-order valence-corrected chi connectivity index (χ2v) is 6.59. The van der Waals surface area contributed by atoms with Crippen LogP contribution in [-0.4, -0.2) is 24.3 Å². The van der Waals surface area contributed by atoms with E-state index in [1.807, 2.05) is 30.3 Å². The molecule has 0 unspecified atom stereocenters. The second kappa shape index (κ2) is 7.20. The van der Waals surface area contributed by atoms with Gasteiger partial charge in [-0.2, -0.15) is 0 Å². The highest BCUT2D eigenvalue weighted by atomic mass is 35.5. The molecule has 0 aliphatic heterocycles. The molecule has 0 spiro atoms. The normalized spacial score (nSPS) is 12.3. The van der Waals surface area contributed by atoms with Crippen molar-refractivity contribution in [2.45, 2.75) is 17.7 Å². The van der Waals surface area contributed by atoms with Gasteiger partial charge in [-0.25, -0.2) is 4.40 Å². The summed E-state index contributed by atoms with van der Waals surface area (Å²) in [5.74, 6) is -0.0380. The minimum absolute atomic E-state index is 0.0838. The SMILES string of the molecule is C=NSc1cccc2c1Cc1cccc(NC(=O)CCCl)c1C2=O. The summed E-state index contributed by atoms with van der Waals surface area (Å²) in [4.78, 5) is 25.8. The first kappa shape index (κ1) is 16.7. The Balaban J connectivity index is 2.04. The number of anilines is 1. The second-order valence-electron chi connectivity index (χ2n) is 5.34. The summed E-state index contributed by atoms with van der Waals surface area (Å²) >= 11 is 6.87. The molecule has 0 bridgehead atoms. The van der Waals surface area contributed by atoms with E-state index in [4.69, 9.17) is 11.6 Å². The van der Waals surface area contributed by atoms with Gasteiger partial charge >= 0.3 is 0 Å². The zero-order valence-electron chi connectivity index (χ0n) is 12.8. The summed E-state index contributed by atoms with van der Waals surface area (Å²) < 4.78 is 3.86. The number of rotatable bonds is 5. The van der Waals surface area contributed by atoms with Gasteiger partial charge < -0.3 is 5.32 Å². The molecule has 0 aromatic heterocycles. The van der Waals surface area contributed by atoms with Crippen LogP contribution in [0.3, 0.4) is 0 Å². The summed E-state index contributed by atoms with van der Waals surface area (Å²) in [5, 5.41) is 2.79. The van der Waals surface area contributed by atoms with Gasteiger partial charge in [-0.3, -0.25) is 9.59 Å².